The number of aliphatic hydroxyl groups is 1. The number of benzene rings is 1. The molecule has 1 unspecified atom stereocenters. The molecule has 34 heavy (non-hydrogen) atoms. The van der Waals surface area contributed by atoms with Crippen LogP contribution in [0.15, 0.2) is 42.5 Å². The third-order valence-electron chi connectivity index (χ3n) is 6.22. The van der Waals surface area contributed by atoms with Gasteiger partial charge in [-0.15, -0.1) is 0 Å². The lowest BCUT2D eigenvalue weighted by atomic mass is 9.99. The van der Waals surface area contributed by atoms with Gasteiger partial charge in [0, 0.05) is 0 Å². The average Bonchev–Trinajstić information content (AvgIpc) is 3.28. The zero-order valence-corrected chi connectivity index (χ0v) is 20.0. The molecule has 0 spiro atoms. The summed E-state index contributed by atoms with van der Waals surface area (Å²) in [5, 5.41) is 10.3. The molecule has 0 aliphatic carbocycles. The summed E-state index contributed by atoms with van der Waals surface area (Å²) in [4.78, 5) is 0. The van der Waals surface area contributed by atoms with Gasteiger partial charge in [-0.2, -0.15) is 0 Å². The van der Waals surface area contributed by atoms with Crippen LogP contribution in [0.2, 0.25) is 0 Å². The molecule has 1 aromatic carbocycles. The molecule has 8 atom stereocenters. The highest BCUT2D eigenvalue weighted by atomic mass is 16.9. The molecule has 1 N–H and O–H groups in total. The van der Waals surface area contributed by atoms with Crippen LogP contribution in [0.1, 0.15) is 33.3 Å². The quantitative estimate of drug-likeness (QED) is 0.592. The highest BCUT2D eigenvalue weighted by Gasteiger charge is 2.60. The molecule has 4 heterocycles. The van der Waals surface area contributed by atoms with E-state index >= 15 is 0 Å². The highest BCUT2D eigenvalue weighted by molar-refractivity contribution is 5.13. The minimum Gasteiger partial charge on any atom is -0.386 e. The first kappa shape index (κ1) is 24.3. The molecule has 0 saturated carbocycles. The molecule has 4 aliphatic heterocycles. The van der Waals surface area contributed by atoms with E-state index in [1.807, 2.05) is 58.0 Å². The number of rotatable bonds is 7. The zero-order chi connectivity index (χ0) is 23.9. The fourth-order valence-corrected chi connectivity index (χ4v) is 4.74. The van der Waals surface area contributed by atoms with Crippen LogP contribution in [-0.4, -0.2) is 79.1 Å². The Kier molecular flexibility index (Phi) is 6.84. The van der Waals surface area contributed by atoms with Crippen molar-refractivity contribution in [3.05, 3.63) is 48.0 Å². The lowest BCUT2D eigenvalue weighted by Gasteiger charge is -2.38. The summed E-state index contributed by atoms with van der Waals surface area (Å²) in [6.07, 6.45) is -0.731. The second-order valence-corrected chi connectivity index (χ2v) is 9.96. The normalized spacial score (nSPS) is 40.1. The van der Waals surface area contributed by atoms with Gasteiger partial charge in [0.05, 0.1) is 19.8 Å². The highest BCUT2D eigenvalue weighted by Crippen LogP contribution is 2.44. The molecule has 5 rings (SSSR count). The van der Waals surface area contributed by atoms with Gasteiger partial charge < -0.3 is 43.0 Å². The van der Waals surface area contributed by atoms with Gasteiger partial charge in [0.25, 0.3) is 0 Å². The summed E-state index contributed by atoms with van der Waals surface area (Å²) >= 11 is 0. The van der Waals surface area contributed by atoms with Gasteiger partial charge in [0.2, 0.25) is 0 Å². The summed E-state index contributed by atoms with van der Waals surface area (Å²) in [5.41, 5.74) is 1.06. The minimum absolute atomic E-state index is 0.191. The molecule has 3 fully saturated rings. The maximum absolute atomic E-state index is 10.3. The Hall–Kier alpha value is -1.40. The topological polar surface area (TPSA) is 94.1 Å². The van der Waals surface area contributed by atoms with E-state index in [0.29, 0.717) is 6.61 Å². The van der Waals surface area contributed by atoms with E-state index in [4.69, 9.17) is 37.9 Å². The Morgan fingerprint density at radius 2 is 1.50 bits per heavy atom. The Labute approximate surface area is 199 Å². The molecule has 0 amide bonds. The summed E-state index contributed by atoms with van der Waals surface area (Å²) in [6, 6.07) is 9.85. The smallest absolute Gasteiger partial charge is 0.190 e. The number of ether oxygens (including phenoxy) is 8. The minimum atomic E-state index is -0.774. The Bertz CT molecular complexity index is 857. The third kappa shape index (κ3) is 5.38. The van der Waals surface area contributed by atoms with Gasteiger partial charge in [0.1, 0.15) is 36.6 Å². The van der Waals surface area contributed by atoms with Crippen molar-refractivity contribution in [2.75, 3.05) is 13.2 Å². The largest absolute Gasteiger partial charge is 0.386 e. The maximum atomic E-state index is 10.3. The van der Waals surface area contributed by atoms with Gasteiger partial charge in [-0.05, 0) is 39.3 Å². The maximum Gasteiger partial charge on any atom is 0.190 e. The molecular formula is C25H34O9. The van der Waals surface area contributed by atoms with Crippen molar-refractivity contribution in [3.63, 3.8) is 0 Å². The van der Waals surface area contributed by atoms with Crippen LogP contribution in [0, 0.1) is 0 Å². The van der Waals surface area contributed by atoms with Gasteiger partial charge in [-0.3, -0.25) is 0 Å². The van der Waals surface area contributed by atoms with E-state index in [-0.39, 0.29) is 31.5 Å². The molecule has 0 aromatic heterocycles. The van der Waals surface area contributed by atoms with Crippen molar-refractivity contribution in [3.8, 4) is 0 Å². The first-order valence-electron chi connectivity index (χ1n) is 11.8. The van der Waals surface area contributed by atoms with Crippen LogP contribution in [-0.2, 0) is 44.5 Å². The Morgan fingerprint density at radius 3 is 2.29 bits per heavy atom. The van der Waals surface area contributed by atoms with Gasteiger partial charge in [-0.1, -0.05) is 36.4 Å². The molecular weight excluding hydrogens is 444 g/mol. The second-order valence-electron chi connectivity index (χ2n) is 9.96. The van der Waals surface area contributed by atoms with E-state index in [1.165, 1.54) is 0 Å². The molecule has 4 aliphatic rings. The Balaban J connectivity index is 1.16. The van der Waals surface area contributed by atoms with Crippen LogP contribution in [0.5, 0.6) is 0 Å². The fraction of sp³-hybridized carbons (Fsp3) is 0.680. The van der Waals surface area contributed by atoms with E-state index < -0.39 is 42.5 Å². The summed E-state index contributed by atoms with van der Waals surface area (Å²) in [5.74, 6) is -1.54. The van der Waals surface area contributed by atoms with E-state index in [9.17, 15) is 5.11 Å². The SMILES string of the molecule is CC1(C)O[C@H]2[C@@H](O1)[C@@H](COC1C=C[C@H](O)[C@@H](COCc3ccccc3)O1)O[C@@H]1OC(C)(C)O[C@@H]12. The standard InChI is InChI=1S/C25H34O9/c1-24(2)31-20-18(30-23-22(21(20)32-24)33-25(3,4)34-23)14-28-19-11-10-16(26)17(29-19)13-27-12-15-8-6-5-7-9-15/h5-11,16-23,26H,12-14H2,1-4H3/t16-,17+,18+,19?,20-,21-,22+,23+/m0/s1. The summed E-state index contributed by atoms with van der Waals surface area (Å²) < 4.78 is 48.1. The Morgan fingerprint density at radius 1 is 0.794 bits per heavy atom. The average molecular weight is 479 g/mol. The van der Waals surface area contributed by atoms with Crippen molar-refractivity contribution in [2.24, 2.45) is 0 Å². The van der Waals surface area contributed by atoms with Crippen molar-refractivity contribution >= 4 is 0 Å². The predicted octanol–water partition coefficient (Wildman–Crippen LogP) is 2.26. The van der Waals surface area contributed by atoms with Crippen molar-refractivity contribution < 1.29 is 43.0 Å². The number of aliphatic hydroxyl groups excluding tert-OH is 1. The molecule has 0 bridgehead atoms. The third-order valence-corrected chi connectivity index (χ3v) is 6.22. The van der Waals surface area contributed by atoms with Crippen molar-refractivity contribution in [2.45, 2.75) is 95.1 Å². The lowest BCUT2D eigenvalue weighted by molar-refractivity contribution is -0.259. The molecule has 9 nitrogen and oxygen atoms in total. The molecule has 9 heteroatoms. The van der Waals surface area contributed by atoms with Gasteiger partial charge in [-0.25, -0.2) is 0 Å². The molecule has 188 valence electrons. The van der Waals surface area contributed by atoms with Crippen LogP contribution in [0.4, 0.5) is 0 Å². The lowest BCUT2D eigenvalue weighted by Crippen LogP contribution is -2.56. The number of fused-ring (bicyclic) bond motifs is 3. The van der Waals surface area contributed by atoms with Crippen LogP contribution in [0.3, 0.4) is 0 Å². The van der Waals surface area contributed by atoms with E-state index in [0.717, 1.165) is 5.56 Å². The van der Waals surface area contributed by atoms with Crippen molar-refractivity contribution in [1.82, 2.24) is 0 Å². The second kappa shape index (κ2) is 9.57. The van der Waals surface area contributed by atoms with Crippen LogP contribution in [0.25, 0.3) is 0 Å². The first-order chi connectivity index (χ1) is 16.2. The van der Waals surface area contributed by atoms with Gasteiger partial charge >= 0.3 is 0 Å². The summed E-state index contributed by atoms with van der Waals surface area (Å²) in [7, 11) is 0. The molecule has 0 radical (unpaired) electrons. The zero-order valence-electron chi connectivity index (χ0n) is 20.0. The van der Waals surface area contributed by atoms with Crippen molar-refractivity contribution in [1.29, 1.82) is 0 Å². The first-order valence-corrected chi connectivity index (χ1v) is 11.8. The number of hydrogen-bond donors (Lipinski definition) is 1. The fourth-order valence-electron chi connectivity index (χ4n) is 4.74. The monoisotopic (exact) mass is 478 g/mol. The van der Waals surface area contributed by atoms with Crippen LogP contribution >= 0.6 is 0 Å². The summed E-state index contributed by atoms with van der Waals surface area (Å²) in [6.45, 7) is 8.30. The van der Waals surface area contributed by atoms with Crippen LogP contribution < -0.4 is 0 Å². The van der Waals surface area contributed by atoms with E-state index in [2.05, 4.69) is 0 Å². The van der Waals surface area contributed by atoms with Gasteiger partial charge in [0.15, 0.2) is 24.2 Å². The number of hydrogen-bond acceptors (Lipinski definition) is 9. The molecule has 1 aromatic rings. The predicted molar refractivity (Wildman–Crippen MR) is 118 cm³/mol. The van der Waals surface area contributed by atoms with E-state index in [1.54, 1.807) is 12.2 Å². The molecule has 3 saturated heterocycles.